The number of fused-ring (bicyclic) bond motifs is 1. The molecule has 0 saturated carbocycles. The van der Waals surface area contributed by atoms with Crippen LogP contribution in [-0.2, 0) is 6.42 Å². The van der Waals surface area contributed by atoms with Crippen LogP contribution in [0.2, 0.25) is 5.02 Å². The van der Waals surface area contributed by atoms with Crippen LogP contribution in [0.5, 0.6) is 5.88 Å². The summed E-state index contributed by atoms with van der Waals surface area (Å²) in [6.07, 6.45) is 2.89. The zero-order valence-corrected chi connectivity index (χ0v) is 16.3. The van der Waals surface area contributed by atoms with E-state index in [9.17, 15) is 14.0 Å². The smallest absolute Gasteiger partial charge is 0.335 e. The monoisotopic (exact) mass is 413 g/mol. The van der Waals surface area contributed by atoms with Crippen LogP contribution in [0.3, 0.4) is 0 Å². The van der Waals surface area contributed by atoms with Gasteiger partial charge in [0.05, 0.1) is 22.9 Å². The molecule has 2 heterocycles. The van der Waals surface area contributed by atoms with E-state index < -0.39 is 11.8 Å². The summed E-state index contributed by atoms with van der Waals surface area (Å²) in [5.41, 5.74) is 2.21. The van der Waals surface area contributed by atoms with Crippen LogP contribution in [-0.4, -0.2) is 28.0 Å². The van der Waals surface area contributed by atoms with Crippen molar-refractivity contribution >= 4 is 23.4 Å². The van der Waals surface area contributed by atoms with Crippen LogP contribution in [0.4, 0.5) is 4.39 Å². The number of benzene rings is 2. The Morgan fingerprint density at radius 2 is 2.03 bits per heavy atom. The van der Waals surface area contributed by atoms with E-state index in [1.807, 2.05) is 13.0 Å². The summed E-state index contributed by atoms with van der Waals surface area (Å²) >= 11 is 6.28. The number of aryl methyl sites for hydroxylation is 1. The Bertz CT molecular complexity index is 1130. The maximum atomic E-state index is 14.7. The predicted molar refractivity (Wildman–Crippen MR) is 106 cm³/mol. The molecule has 1 aromatic heterocycles. The van der Waals surface area contributed by atoms with Crippen LogP contribution < -0.4 is 4.74 Å². The van der Waals surface area contributed by atoms with Crippen molar-refractivity contribution in [3.63, 3.8) is 0 Å². The van der Waals surface area contributed by atoms with Crippen molar-refractivity contribution in [1.82, 2.24) is 4.57 Å². The summed E-state index contributed by atoms with van der Waals surface area (Å²) in [6.45, 7) is 2.26. The van der Waals surface area contributed by atoms with Gasteiger partial charge in [-0.1, -0.05) is 23.7 Å². The highest BCUT2D eigenvalue weighted by Crippen LogP contribution is 2.36. The van der Waals surface area contributed by atoms with Crippen LogP contribution in [0.25, 0.3) is 5.69 Å². The summed E-state index contributed by atoms with van der Waals surface area (Å²) in [6, 6.07) is 8.88. The average Bonchev–Trinajstić information content (AvgIpc) is 3.07. The van der Waals surface area contributed by atoms with Gasteiger partial charge in [-0.2, -0.15) is 0 Å². The number of hydrogen-bond donors (Lipinski definition) is 1. The Kier molecular flexibility index (Phi) is 4.88. The van der Waals surface area contributed by atoms with Gasteiger partial charge >= 0.3 is 5.97 Å². The number of rotatable bonds is 4. The summed E-state index contributed by atoms with van der Waals surface area (Å²) in [5, 5.41) is 9.41. The van der Waals surface area contributed by atoms with E-state index in [-0.39, 0.29) is 17.0 Å². The van der Waals surface area contributed by atoms with Crippen LogP contribution in [0, 0.1) is 12.7 Å². The molecule has 0 fully saturated rings. The molecule has 0 radical (unpaired) electrons. The number of nitrogens with zero attached hydrogens (tertiary/aromatic N) is 1. The van der Waals surface area contributed by atoms with E-state index >= 15 is 0 Å². The van der Waals surface area contributed by atoms with Crippen molar-refractivity contribution in [2.24, 2.45) is 0 Å². The standard InChI is InChI=1S/C22H17ClFNO4/c1-12-4-2-6-16(23)19(12)20(26)15-11-25(21-14(15)5-3-9-29-21)18-8-7-13(22(27)28)10-17(18)24/h2,4,6-8,10-11H,3,5,9H2,1H3,(H,27,28). The third-order valence-electron chi connectivity index (χ3n) is 5.02. The van der Waals surface area contributed by atoms with Gasteiger partial charge in [0.1, 0.15) is 5.82 Å². The Morgan fingerprint density at radius 1 is 1.24 bits per heavy atom. The van der Waals surface area contributed by atoms with Gasteiger partial charge in [-0.3, -0.25) is 9.36 Å². The van der Waals surface area contributed by atoms with Gasteiger partial charge in [0.25, 0.3) is 0 Å². The third-order valence-corrected chi connectivity index (χ3v) is 5.33. The molecule has 0 bridgehead atoms. The lowest BCUT2D eigenvalue weighted by Gasteiger charge is -2.17. The highest BCUT2D eigenvalue weighted by molar-refractivity contribution is 6.35. The molecule has 148 valence electrons. The fraction of sp³-hybridized carbons (Fsp3) is 0.182. The summed E-state index contributed by atoms with van der Waals surface area (Å²) in [5.74, 6) is -1.79. The third kappa shape index (κ3) is 3.29. The first-order valence-electron chi connectivity index (χ1n) is 9.08. The number of carbonyl (C=O) groups is 2. The zero-order chi connectivity index (χ0) is 20.7. The minimum absolute atomic E-state index is 0.114. The Balaban J connectivity index is 1.88. The minimum atomic E-state index is -1.22. The highest BCUT2D eigenvalue weighted by atomic mass is 35.5. The van der Waals surface area contributed by atoms with Crippen LogP contribution in [0.15, 0.2) is 42.6 Å². The topological polar surface area (TPSA) is 68.5 Å². The van der Waals surface area contributed by atoms with Crippen molar-refractivity contribution in [1.29, 1.82) is 0 Å². The SMILES string of the molecule is Cc1cccc(Cl)c1C(=O)c1cn(-c2ccc(C(=O)O)cc2F)c2c1CCCO2. The van der Waals surface area contributed by atoms with E-state index in [1.165, 1.54) is 16.7 Å². The number of ketones is 1. The second kappa shape index (κ2) is 7.37. The first-order chi connectivity index (χ1) is 13.9. The summed E-state index contributed by atoms with van der Waals surface area (Å²) in [7, 11) is 0. The highest BCUT2D eigenvalue weighted by Gasteiger charge is 2.28. The molecule has 1 aliphatic rings. The number of aromatic nitrogens is 1. The largest absolute Gasteiger partial charge is 0.478 e. The molecule has 0 aliphatic carbocycles. The number of aromatic carboxylic acids is 1. The molecule has 5 nitrogen and oxygen atoms in total. The molecular weight excluding hydrogens is 397 g/mol. The van der Waals surface area contributed by atoms with Gasteiger partial charge < -0.3 is 9.84 Å². The Morgan fingerprint density at radius 3 is 2.72 bits per heavy atom. The molecule has 29 heavy (non-hydrogen) atoms. The molecule has 1 N–H and O–H groups in total. The molecule has 7 heteroatoms. The maximum Gasteiger partial charge on any atom is 0.335 e. The maximum absolute atomic E-state index is 14.7. The summed E-state index contributed by atoms with van der Waals surface area (Å²) in [4.78, 5) is 24.4. The van der Waals surface area contributed by atoms with E-state index in [2.05, 4.69) is 0 Å². The fourth-order valence-electron chi connectivity index (χ4n) is 3.61. The zero-order valence-electron chi connectivity index (χ0n) is 15.5. The number of ether oxygens (including phenoxy) is 1. The van der Waals surface area contributed by atoms with Crippen molar-refractivity contribution < 1.29 is 23.8 Å². The van der Waals surface area contributed by atoms with Crippen LogP contribution in [0.1, 0.15) is 43.8 Å². The lowest BCUT2D eigenvalue weighted by atomic mass is 9.96. The second-order valence-electron chi connectivity index (χ2n) is 6.88. The second-order valence-corrected chi connectivity index (χ2v) is 7.29. The van der Waals surface area contributed by atoms with Crippen LogP contribution >= 0.6 is 11.6 Å². The summed E-state index contributed by atoms with van der Waals surface area (Å²) < 4.78 is 21.9. The number of carboxylic acids is 1. The number of carboxylic acid groups (broad SMARTS) is 1. The van der Waals surface area contributed by atoms with Gasteiger partial charge in [-0.25, -0.2) is 9.18 Å². The Labute approximate surface area is 171 Å². The average molecular weight is 414 g/mol. The molecular formula is C22H17ClFNO4. The van der Waals surface area contributed by atoms with Gasteiger partial charge in [0, 0.05) is 22.9 Å². The van der Waals surface area contributed by atoms with E-state index in [1.54, 1.807) is 18.3 Å². The Hall–Kier alpha value is -3.12. The number of hydrogen-bond acceptors (Lipinski definition) is 3. The molecule has 0 amide bonds. The van der Waals surface area contributed by atoms with Gasteiger partial charge in [0.2, 0.25) is 5.88 Å². The molecule has 1 aliphatic heterocycles. The fourth-order valence-corrected chi connectivity index (χ4v) is 3.91. The van der Waals surface area contributed by atoms with Crippen molar-refractivity contribution in [2.75, 3.05) is 6.61 Å². The predicted octanol–water partition coefficient (Wildman–Crippen LogP) is 4.83. The molecule has 0 atom stereocenters. The quantitative estimate of drug-likeness (QED) is 0.622. The lowest BCUT2D eigenvalue weighted by molar-refractivity contribution is 0.0696. The van der Waals surface area contributed by atoms with E-state index in [4.69, 9.17) is 21.4 Å². The lowest BCUT2D eigenvalue weighted by Crippen LogP contribution is -2.13. The molecule has 4 rings (SSSR count). The van der Waals surface area contributed by atoms with Gasteiger partial charge in [0.15, 0.2) is 5.78 Å². The normalized spacial score (nSPS) is 12.9. The first kappa shape index (κ1) is 19.2. The van der Waals surface area contributed by atoms with Gasteiger partial charge in [-0.05, 0) is 49.6 Å². The number of carbonyl (C=O) groups excluding carboxylic acids is 1. The molecule has 2 aromatic carbocycles. The van der Waals surface area contributed by atoms with E-state index in [0.29, 0.717) is 40.6 Å². The molecule has 3 aromatic rings. The number of halogens is 2. The van der Waals surface area contributed by atoms with Crippen molar-refractivity contribution in [3.8, 4) is 11.6 Å². The van der Waals surface area contributed by atoms with Crippen molar-refractivity contribution in [2.45, 2.75) is 19.8 Å². The molecule has 0 spiro atoms. The van der Waals surface area contributed by atoms with Gasteiger partial charge in [-0.15, -0.1) is 0 Å². The molecule has 0 saturated heterocycles. The molecule has 0 unspecified atom stereocenters. The first-order valence-corrected chi connectivity index (χ1v) is 9.46. The van der Waals surface area contributed by atoms with E-state index in [0.717, 1.165) is 18.1 Å². The minimum Gasteiger partial charge on any atom is -0.478 e. The van der Waals surface area contributed by atoms with Crippen molar-refractivity contribution in [3.05, 3.63) is 81.3 Å².